The molecule has 1 fully saturated rings. The van der Waals surface area contributed by atoms with Gasteiger partial charge in [-0.1, -0.05) is 61.8 Å². The normalized spacial score (nSPS) is 16.4. The van der Waals surface area contributed by atoms with E-state index >= 15 is 0 Å². The molecule has 0 radical (unpaired) electrons. The van der Waals surface area contributed by atoms with E-state index in [1.165, 1.54) is 5.56 Å². The predicted molar refractivity (Wildman–Crippen MR) is 142 cm³/mol. The molecule has 1 saturated heterocycles. The van der Waals surface area contributed by atoms with E-state index < -0.39 is 5.97 Å². The molecular weight excluding hydrogens is 492 g/mol. The Bertz CT molecular complexity index is 1250. The zero-order valence-corrected chi connectivity index (χ0v) is 22.5. The fourth-order valence-corrected chi connectivity index (χ4v) is 4.63. The SMILES string of the molecule is CCOC(=O)c1ccc(NC(=O)C2CCCN(Cc3nc(-c4ccc(C(C)(C)C)cc4)no3)C2)cc1Cl. The van der Waals surface area contributed by atoms with E-state index in [2.05, 4.69) is 53.3 Å². The standard InChI is InChI=1S/C28H33ClN4O4/c1-5-36-27(35)22-13-12-21(15-23(22)29)30-26(34)19-7-6-14-33(16-19)17-24-31-25(32-37-24)18-8-10-20(11-9-18)28(2,3)4/h8-13,15,19H,5-7,14,16-17H2,1-4H3,(H,30,34). The van der Waals surface area contributed by atoms with Crippen molar-refractivity contribution in [3.8, 4) is 11.4 Å². The van der Waals surface area contributed by atoms with Crippen LogP contribution in [0.1, 0.15) is 62.3 Å². The number of anilines is 1. The van der Waals surface area contributed by atoms with E-state index in [0.29, 0.717) is 30.5 Å². The van der Waals surface area contributed by atoms with Crippen molar-refractivity contribution in [2.75, 3.05) is 25.0 Å². The monoisotopic (exact) mass is 524 g/mol. The van der Waals surface area contributed by atoms with Gasteiger partial charge < -0.3 is 14.6 Å². The van der Waals surface area contributed by atoms with Crippen LogP contribution in [0.3, 0.4) is 0 Å². The van der Waals surface area contributed by atoms with Gasteiger partial charge in [-0.15, -0.1) is 0 Å². The molecule has 2 aromatic carbocycles. The fourth-order valence-electron chi connectivity index (χ4n) is 4.37. The van der Waals surface area contributed by atoms with Gasteiger partial charge in [0.2, 0.25) is 17.6 Å². The minimum absolute atomic E-state index is 0.0798. The van der Waals surface area contributed by atoms with Gasteiger partial charge in [0, 0.05) is 17.8 Å². The number of benzene rings is 2. The Kier molecular flexibility index (Phi) is 8.29. The summed E-state index contributed by atoms with van der Waals surface area (Å²) in [6, 6.07) is 13.0. The maximum atomic E-state index is 13.0. The molecule has 4 rings (SSSR count). The maximum absolute atomic E-state index is 13.0. The van der Waals surface area contributed by atoms with E-state index in [-0.39, 0.29) is 34.4 Å². The number of carbonyl (C=O) groups excluding carboxylic acids is 2. The predicted octanol–water partition coefficient (Wildman–Crippen LogP) is 5.71. The van der Waals surface area contributed by atoms with Gasteiger partial charge in [0.25, 0.3) is 0 Å². The van der Waals surface area contributed by atoms with Gasteiger partial charge in [-0.25, -0.2) is 4.79 Å². The lowest BCUT2D eigenvalue weighted by atomic mass is 9.87. The topological polar surface area (TPSA) is 97.6 Å². The highest BCUT2D eigenvalue weighted by Gasteiger charge is 2.27. The van der Waals surface area contributed by atoms with Crippen molar-refractivity contribution in [2.45, 2.75) is 52.5 Å². The Hall–Kier alpha value is -3.23. The first-order valence-electron chi connectivity index (χ1n) is 12.6. The van der Waals surface area contributed by atoms with Gasteiger partial charge in [-0.05, 0) is 55.5 Å². The highest BCUT2D eigenvalue weighted by molar-refractivity contribution is 6.34. The van der Waals surface area contributed by atoms with Gasteiger partial charge >= 0.3 is 5.97 Å². The molecule has 196 valence electrons. The van der Waals surface area contributed by atoms with Gasteiger partial charge in [-0.3, -0.25) is 9.69 Å². The molecule has 1 aliphatic rings. The second-order valence-electron chi connectivity index (χ2n) is 10.3. The van der Waals surface area contributed by atoms with Crippen molar-refractivity contribution in [3.05, 3.63) is 64.5 Å². The van der Waals surface area contributed by atoms with Crippen LogP contribution in [-0.4, -0.2) is 46.6 Å². The second-order valence-corrected chi connectivity index (χ2v) is 10.7. The number of rotatable bonds is 7. The number of amides is 1. The molecule has 2 heterocycles. The van der Waals surface area contributed by atoms with Crippen LogP contribution in [0.15, 0.2) is 47.0 Å². The van der Waals surface area contributed by atoms with Crippen molar-refractivity contribution in [1.82, 2.24) is 15.0 Å². The van der Waals surface area contributed by atoms with Gasteiger partial charge in [0.05, 0.1) is 29.7 Å². The lowest BCUT2D eigenvalue weighted by molar-refractivity contribution is -0.121. The van der Waals surface area contributed by atoms with Crippen LogP contribution >= 0.6 is 11.6 Å². The molecule has 1 aromatic heterocycles. The number of ether oxygens (including phenoxy) is 1. The summed E-state index contributed by atoms with van der Waals surface area (Å²) in [4.78, 5) is 31.6. The summed E-state index contributed by atoms with van der Waals surface area (Å²) in [5.41, 5.74) is 3.05. The number of likely N-dealkylation sites (tertiary alicyclic amines) is 1. The first-order chi connectivity index (χ1) is 17.6. The van der Waals surface area contributed by atoms with Gasteiger partial charge in [0.1, 0.15) is 0 Å². The van der Waals surface area contributed by atoms with Crippen LogP contribution in [0.4, 0.5) is 5.69 Å². The summed E-state index contributed by atoms with van der Waals surface area (Å²) in [5, 5.41) is 7.32. The third kappa shape index (κ3) is 6.76. The summed E-state index contributed by atoms with van der Waals surface area (Å²) < 4.78 is 10.5. The van der Waals surface area contributed by atoms with E-state index in [1.54, 1.807) is 25.1 Å². The number of halogens is 1. The zero-order valence-electron chi connectivity index (χ0n) is 21.7. The summed E-state index contributed by atoms with van der Waals surface area (Å²) in [6.45, 7) is 10.4. The van der Waals surface area contributed by atoms with Gasteiger partial charge in [0.15, 0.2) is 0 Å². The average molecular weight is 525 g/mol. The quantitative estimate of drug-likeness (QED) is 0.395. The number of carbonyl (C=O) groups is 2. The number of hydrogen-bond donors (Lipinski definition) is 1. The average Bonchev–Trinajstić information content (AvgIpc) is 3.32. The molecule has 3 aromatic rings. The van der Waals surface area contributed by atoms with E-state index in [0.717, 1.165) is 24.9 Å². The van der Waals surface area contributed by atoms with E-state index in [4.69, 9.17) is 20.9 Å². The first-order valence-corrected chi connectivity index (χ1v) is 12.9. The summed E-state index contributed by atoms with van der Waals surface area (Å²) in [6.07, 6.45) is 1.67. The molecule has 0 bridgehead atoms. The Labute approximate surface area is 222 Å². The van der Waals surface area contributed by atoms with Crippen molar-refractivity contribution in [2.24, 2.45) is 5.92 Å². The van der Waals surface area contributed by atoms with Crippen LogP contribution in [-0.2, 0) is 21.5 Å². The minimum Gasteiger partial charge on any atom is -0.462 e. The Morgan fingerprint density at radius 1 is 1.19 bits per heavy atom. The largest absolute Gasteiger partial charge is 0.462 e. The van der Waals surface area contributed by atoms with Crippen LogP contribution in [0, 0.1) is 5.92 Å². The zero-order chi connectivity index (χ0) is 26.6. The van der Waals surface area contributed by atoms with Crippen molar-refractivity contribution < 1.29 is 18.8 Å². The summed E-state index contributed by atoms with van der Waals surface area (Å²) in [7, 11) is 0. The van der Waals surface area contributed by atoms with Crippen LogP contribution in [0.25, 0.3) is 11.4 Å². The molecule has 37 heavy (non-hydrogen) atoms. The molecule has 8 nitrogen and oxygen atoms in total. The Morgan fingerprint density at radius 2 is 1.95 bits per heavy atom. The third-order valence-electron chi connectivity index (χ3n) is 6.44. The van der Waals surface area contributed by atoms with Crippen molar-refractivity contribution in [3.63, 3.8) is 0 Å². The highest BCUT2D eigenvalue weighted by atomic mass is 35.5. The maximum Gasteiger partial charge on any atom is 0.339 e. The highest BCUT2D eigenvalue weighted by Crippen LogP contribution is 2.26. The van der Waals surface area contributed by atoms with Crippen molar-refractivity contribution >= 4 is 29.2 Å². The lowest BCUT2D eigenvalue weighted by Gasteiger charge is -2.30. The molecule has 0 spiro atoms. The first kappa shape index (κ1) is 26.8. The van der Waals surface area contributed by atoms with Crippen LogP contribution < -0.4 is 5.32 Å². The number of esters is 1. The molecule has 1 atom stereocenters. The summed E-state index contributed by atoms with van der Waals surface area (Å²) >= 11 is 6.23. The van der Waals surface area contributed by atoms with Crippen molar-refractivity contribution in [1.29, 1.82) is 0 Å². The summed E-state index contributed by atoms with van der Waals surface area (Å²) in [5.74, 6) is 0.320. The fraction of sp³-hybridized carbons (Fsp3) is 0.429. The molecule has 1 N–H and O–H groups in total. The molecule has 0 saturated carbocycles. The number of piperidine rings is 1. The number of hydrogen-bond acceptors (Lipinski definition) is 7. The molecule has 1 unspecified atom stereocenters. The van der Waals surface area contributed by atoms with E-state index in [9.17, 15) is 9.59 Å². The molecular formula is C28H33ClN4O4. The third-order valence-corrected chi connectivity index (χ3v) is 6.76. The smallest absolute Gasteiger partial charge is 0.339 e. The number of nitrogens with one attached hydrogen (secondary N) is 1. The molecule has 9 heteroatoms. The van der Waals surface area contributed by atoms with Crippen LogP contribution in [0.2, 0.25) is 5.02 Å². The van der Waals surface area contributed by atoms with Gasteiger partial charge in [-0.2, -0.15) is 4.98 Å². The van der Waals surface area contributed by atoms with Crippen LogP contribution in [0.5, 0.6) is 0 Å². The molecule has 0 aliphatic carbocycles. The minimum atomic E-state index is -0.487. The molecule has 1 aliphatic heterocycles. The Balaban J connectivity index is 1.34. The second kappa shape index (κ2) is 11.4. The number of aromatic nitrogens is 2. The van der Waals surface area contributed by atoms with E-state index in [1.807, 2.05) is 12.1 Å². The Morgan fingerprint density at radius 3 is 2.62 bits per heavy atom. The lowest BCUT2D eigenvalue weighted by Crippen LogP contribution is -2.40. The molecule has 1 amide bonds. The number of nitrogens with zero attached hydrogens (tertiary/aromatic N) is 3.